The van der Waals surface area contributed by atoms with E-state index in [0.29, 0.717) is 0 Å². The lowest BCUT2D eigenvalue weighted by Gasteiger charge is -2.08. The fourth-order valence-corrected chi connectivity index (χ4v) is 2.12. The molecule has 2 N–H and O–H groups in total. The molecule has 2 aromatic heterocycles. The van der Waals surface area contributed by atoms with Gasteiger partial charge in [0.1, 0.15) is 5.65 Å². The normalized spacial score (nSPS) is 10.7. The number of para-hydroxylation sites is 1. The summed E-state index contributed by atoms with van der Waals surface area (Å²) < 4.78 is 0. The molecule has 0 amide bonds. The Hall–Kier alpha value is -2.29. The quantitative estimate of drug-likeness (QED) is 0.732. The SMILES string of the molecule is Cc1ccccc1NCc1c[nH]c2ncccc12. The Morgan fingerprint density at radius 1 is 1.17 bits per heavy atom. The maximum atomic E-state index is 4.29. The largest absolute Gasteiger partial charge is 0.381 e. The highest BCUT2D eigenvalue weighted by Crippen LogP contribution is 2.19. The maximum absolute atomic E-state index is 4.29. The molecule has 0 bridgehead atoms. The van der Waals surface area contributed by atoms with Gasteiger partial charge in [-0.2, -0.15) is 0 Å². The second-order valence-corrected chi connectivity index (χ2v) is 4.38. The molecule has 3 rings (SSSR count). The number of benzene rings is 1. The van der Waals surface area contributed by atoms with E-state index in [9.17, 15) is 0 Å². The van der Waals surface area contributed by atoms with Crippen molar-refractivity contribution in [3.8, 4) is 0 Å². The molecule has 0 aliphatic carbocycles. The first kappa shape index (κ1) is 10.8. The summed E-state index contributed by atoms with van der Waals surface area (Å²) in [5, 5.41) is 4.64. The summed E-state index contributed by atoms with van der Waals surface area (Å²) in [5.41, 5.74) is 4.62. The molecule has 18 heavy (non-hydrogen) atoms. The van der Waals surface area contributed by atoms with Crippen LogP contribution in [0.15, 0.2) is 48.8 Å². The molecule has 3 aromatic rings. The van der Waals surface area contributed by atoms with Gasteiger partial charge in [0.05, 0.1) is 0 Å². The van der Waals surface area contributed by atoms with Crippen molar-refractivity contribution in [2.75, 3.05) is 5.32 Å². The van der Waals surface area contributed by atoms with E-state index in [-0.39, 0.29) is 0 Å². The van der Waals surface area contributed by atoms with Gasteiger partial charge in [-0.05, 0) is 36.2 Å². The summed E-state index contributed by atoms with van der Waals surface area (Å²) in [7, 11) is 0. The summed E-state index contributed by atoms with van der Waals surface area (Å²) in [5.74, 6) is 0. The Kier molecular flexibility index (Phi) is 2.73. The topological polar surface area (TPSA) is 40.7 Å². The fourth-order valence-electron chi connectivity index (χ4n) is 2.12. The number of anilines is 1. The van der Waals surface area contributed by atoms with Gasteiger partial charge in [-0.25, -0.2) is 4.98 Å². The van der Waals surface area contributed by atoms with Crippen LogP contribution in [0.1, 0.15) is 11.1 Å². The predicted octanol–water partition coefficient (Wildman–Crippen LogP) is 3.48. The zero-order valence-electron chi connectivity index (χ0n) is 10.3. The number of rotatable bonds is 3. The van der Waals surface area contributed by atoms with Crippen LogP contribution in [0.2, 0.25) is 0 Å². The lowest BCUT2D eigenvalue weighted by molar-refractivity contribution is 1.15. The molecule has 0 aliphatic rings. The molecule has 0 atom stereocenters. The lowest BCUT2D eigenvalue weighted by Crippen LogP contribution is -2.00. The number of aromatic nitrogens is 2. The van der Waals surface area contributed by atoms with Gasteiger partial charge in [0, 0.05) is 30.0 Å². The van der Waals surface area contributed by atoms with Gasteiger partial charge in [-0.15, -0.1) is 0 Å². The molecule has 2 heterocycles. The number of aryl methyl sites for hydroxylation is 1. The van der Waals surface area contributed by atoms with Crippen LogP contribution in [0.3, 0.4) is 0 Å². The van der Waals surface area contributed by atoms with Crippen molar-refractivity contribution in [1.29, 1.82) is 0 Å². The average molecular weight is 237 g/mol. The predicted molar refractivity (Wildman–Crippen MR) is 74.6 cm³/mol. The molecule has 0 spiro atoms. The molecular formula is C15H15N3. The second kappa shape index (κ2) is 4.53. The molecule has 0 fully saturated rings. The lowest BCUT2D eigenvalue weighted by atomic mass is 10.2. The molecular weight excluding hydrogens is 222 g/mol. The van der Waals surface area contributed by atoms with Crippen molar-refractivity contribution in [3.63, 3.8) is 0 Å². The molecule has 0 radical (unpaired) electrons. The van der Waals surface area contributed by atoms with Gasteiger partial charge in [-0.1, -0.05) is 18.2 Å². The molecule has 0 unspecified atom stereocenters. The minimum Gasteiger partial charge on any atom is -0.381 e. The molecule has 90 valence electrons. The van der Waals surface area contributed by atoms with Crippen molar-refractivity contribution in [2.45, 2.75) is 13.5 Å². The number of hydrogen-bond donors (Lipinski definition) is 2. The van der Waals surface area contributed by atoms with E-state index in [4.69, 9.17) is 0 Å². The molecule has 0 aliphatic heterocycles. The standard InChI is InChI=1S/C15H15N3/c1-11-5-2-3-7-14(11)17-9-12-10-18-15-13(12)6-4-8-16-15/h2-8,10,17H,9H2,1H3,(H,16,18). The van der Waals surface area contributed by atoms with Crippen molar-refractivity contribution in [1.82, 2.24) is 9.97 Å². The van der Waals surface area contributed by atoms with Gasteiger partial charge in [-0.3, -0.25) is 0 Å². The van der Waals surface area contributed by atoms with E-state index in [1.54, 1.807) is 6.20 Å². The zero-order chi connectivity index (χ0) is 12.4. The third kappa shape index (κ3) is 1.95. The van der Waals surface area contributed by atoms with Crippen molar-refractivity contribution in [2.24, 2.45) is 0 Å². The summed E-state index contributed by atoms with van der Waals surface area (Å²) >= 11 is 0. The Balaban J connectivity index is 1.83. The van der Waals surface area contributed by atoms with Gasteiger partial charge in [0.2, 0.25) is 0 Å². The Bertz CT molecular complexity index is 670. The second-order valence-electron chi connectivity index (χ2n) is 4.38. The van der Waals surface area contributed by atoms with Crippen LogP contribution in [0.4, 0.5) is 5.69 Å². The van der Waals surface area contributed by atoms with Crippen LogP contribution in [0, 0.1) is 6.92 Å². The van der Waals surface area contributed by atoms with E-state index in [1.165, 1.54) is 22.2 Å². The molecule has 1 aromatic carbocycles. The van der Waals surface area contributed by atoms with Crippen LogP contribution in [-0.2, 0) is 6.54 Å². The Labute approximate surface area is 106 Å². The highest BCUT2D eigenvalue weighted by Gasteiger charge is 2.03. The summed E-state index contributed by atoms with van der Waals surface area (Å²) in [6.07, 6.45) is 3.82. The summed E-state index contributed by atoms with van der Waals surface area (Å²) in [6.45, 7) is 2.91. The monoisotopic (exact) mass is 237 g/mol. The van der Waals surface area contributed by atoms with Gasteiger partial charge in [0.15, 0.2) is 0 Å². The van der Waals surface area contributed by atoms with E-state index in [0.717, 1.165) is 12.2 Å². The number of hydrogen-bond acceptors (Lipinski definition) is 2. The van der Waals surface area contributed by atoms with Crippen molar-refractivity contribution >= 4 is 16.7 Å². The third-order valence-corrected chi connectivity index (χ3v) is 3.15. The molecule has 3 nitrogen and oxygen atoms in total. The average Bonchev–Trinajstić information content (AvgIpc) is 2.81. The number of aromatic amines is 1. The van der Waals surface area contributed by atoms with E-state index >= 15 is 0 Å². The number of nitrogens with zero attached hydrogens (tertiary/aromatic N) is 1. The highest BCUT2D eigenvalue weighted by atomic mass is 14.9. The Morgan fingerprint density at radius 3 is 2.94 bits per heavy atom. The molecule has 0 saturated carbocycles. The fraction of sp³-hybridized carbons (Fsp3) is 0.133. The minimum absolute atomic E-state index is 0.802. The number of pyridine rings is 1. The molecule has 3 heteroatoms. The maximum Gasteiger partial charge on any atom is 0.137 e. The van der Waals surface area contributed by atoms with Crippen LogP contribution in [0.25, 0.3) is 11.0 Å². The molecule has 0 saturated heterocycles. The minimum atomic E-state index is 0.802. The number of nitrogens with one attached hydrogen (secondary N) is 2. The van der Waals surface area contributed by atoms with Crippen LogP contribution < -0.4 is 5.32 Å². The smallest absolute Gasteiger partial charge is 0.137 e. The van der Waals surface area contributed by atoms with Crippen LogP contribution in [0.5, 0.6) is 0 Å². The first-order valence-electron chi connectivity index (χ1n) is 6.05. The number of H-pyrrole nitrogens is 1. The summed E-state index contributed by atoms with van der Waals surface area (Å²) in [6, 6.07) is 12.4. The Morgan fingerprint density at radius 2 is 2.06 bits per heavy atom. The van der Waals surface area contributed by atoms with Crippen molar-refractivity contribution in [3.05, 3.63) is 59.9 Å². The van der Waals surface area contributed by atoms with Gasteiger partial charge >= 0.3 is 0 Å². The highest BCUT2D eigenvalue weighted by molar-refractivity contribution is 5.79. The van der Waals surface area contributed by atoms with Gasteiger partial charge < -0.3 is 10.3 Å². The van der Waals surface area contributed by atoms with E-state index in [1.807, 2.05) is 18.3 Å². The van der Waals surface area contributed by atoms with Crippen LogP contribution >= 0.6 is 0 Å². The first-order chi connectivity index (χ1) is 8.84. The van der Waals surface area contributed by atoms with E-state index < -0.39 is 0 Å². The number of fused-ring (bicyclic) bond motifs is 1. The summed E-state index contributed by atoms with van der Waals surface area (Å²) in [4.78, 5) is 7.48. The van der Waals surface area contributed by atoms with Crippen molar-refractivity contribution < 1.29 is 0 Å². The van der Waals surface area contributed by atoms with E-state index in [2.05, 4.69) is 46.5 Å². The first-order valence-corrected chi connectivity index (χ1v) is 6.05. The van der Waals surface area contributed by atoms with Crippen LogP contribution in [-0.4, -0.2) is 9.97 Å². The van der Waals surface area contributed by atoms with Gasteiger partial charge in [0.25, 0.3) is 0 Å². The third-order valence-electron chi connectivity index (χ3n) is 3.15. The zero-order valence-corrected chi connectivity index (χ0v) is 10.3.